The van der Waals surface area contributed by atoms with E-state index in [-0.39, 0.29) is 5.69 Å². The van der Waals surface area contributed by atoms with Crippen LogP contribution in [-0.4, -0.2) is 16.5 Å². The Balaban J connectivity index is 2.06. The summed E-state index contributed by atoms with van der Waals surface area (Å²) in [5.74, 6) is 1.13. The summed E-state index contributed by atoms with van der Waals surface area (Å²) < 4.78 is 5.41. The first-order valence-electron chi connectivity index (χ1n) is 4.91. The van der Waals surface area contributed by atoms with E-state index in [9.17, 15) is 10.1 Å². The first kappa shape index (κ1) is 9.89. The van der Waals surface area contributed by atoms with E-state index in [2.05, 4.69) is 4.98 Å². The van der Waals surface area contributed by atoms with E-state index in [0.717, 1.165) is 0 Å². The van der Waals surface area contributed by atoms with Crippen molar-refractivity contribution in [3.63, 3.8) is 0 Å². The number of rotatable bonds is 4. The Hall–Kier alpha value is -1.65. The molecular formula is C10H12N2O3. The highest BCUT2D eigenvalue weighted by Gasteiger charge is 2.22. The van der Waals surface area contributed by atoms with E-state index in [0.29, 0.717) is 24.1 Å². The fraction of sp³-hybridized carbons (Fsp3) is 0.500. The zero-order valence-corrected chi connectivity index (χ0v) is 8.47. The van der Waals surface area contributed by atoms with Crippen molar-refractivity contribution >= 4 is 5.69 Å². The maximum atomic E-state index is 10.5. The highest BCUT2D eigenvalue weighted by atomic mass is 16.6. The molecule has 0 aromatic carbocycles. The summed E-state index contributed by atoms with van der Waals surface area (Å²) in [4.78, 5) is 14.1. The van der Waals surface area contributed by atoms with Gasteiger partial charge in [-0.05, 0) is 25.7 Å². The molecule has 1 aromatic rings. The Kier molecular flexibility index (Phi) is 2.53. The fourth-order valence-corrected chi connectivity index (χ4v) is 1.29. The van der Waals surface area contributed by atoms with Gasteiger partial charge in [0.25, 0.3) is 5.69 Å². The van der Waals surface area contributed by atoms with E-state index < -0.39 is 4.92 Å². The van der Waals surface area contributed by atoms with Crippen LogP contribution in [0.25, 0.3) is 0 Å². The van der Waals surface area contributed by atoms with Crippen molar-refractivity contribution in [3.8, 4) is 5.88 Å². The van der Waals surface area contributed by atoms with Crippen LogP contribution >= 0.6 is 0 Å². The van der Waals surface area contributed by atoms with Crippen LogP contribution in [0.15, 0.2) is 12.1 Å². The lowest BCUT2D eigenvalue weighted by Gasteiger charge is -2.04. The van der Waals surface area contributed by atoms with Gasteiger partial charge in [-0.2, -0.15) is 0 Å². The number of ether oxygens (including phenoxy) is 1. The fourth-order valence-electron chi connectivity index (χ4n) is 1.29. The number of pyridine rings is 1. The maximum Gasteiger partial charge on any atom is 0.290 e. The molecule has 1 saturated carbocycles. The van der Waals surface area contributed by atoms with E-state index in [1.807, 2.05) is 0 Å². The SMILES string of the molecule is Cc1nc(OCC2CC2)ccc1[N+](=O)[O-]. The summed E-state index contributed by atoms with van der Waals surface area (Å²) >= 11 is 0. The van der Waals surface area contributed by atoms with Crippen molar-refractivity contribution in [3.05, 3.63) is 27.9 Å². The molecule has 1 fully saturated rings. The smallest absolute Gasteiger partial charge is 0.290 e. The molecule has 15 heavy (non-hydrogen) atoms. The van der Waals surface area contributed by atoms with Gasteiger partial charge in [-0.15, -0.1) is 0 Å². The molecule has 80 valence electrons. The van der Waals surface area contributed by atoms with Crippen LogP contribution < -0.4 is 4.74 Å². The van der Waals surface area contributed by atoms with Crippen LogP contribution in [0.2, 0.25) is 0 Å². The molecule has 0 amide bonds. The molecule has 1 aliphatic rings. The molecule has 5 heteroatoms. The standard InChI is InChI=1S/C10H12N2O3/c1-7-9(12(13)14)4-5-10(11-7)15-6-8-2-3-8/h4-5,8H,2-3,6H2,1H3. The van der Waals surface area contributed by atoms with Crippen molar-refractivity contribution < 1.29 is 9.66 Å². The van der Waals surface area contributed by atoms with Crippen molar-refractivity contribution in [1.82, 2.24) is 4.98 Å². The van der Waals surface area contributed by atoms with E-state index in [1.54, 1.807) is 13.0 Å². The van der Waals surface area contributed by atoms with E-state index in [1.165, 1.54) is 18.9 Å². The third-order valence-electron chi connectivity index (χ3n) is 2.39. The van der Waals surface area contributed by atoms with Gasteiger partial charge in [-0.25, -0.2) is 4.98 Å². The minimum absolute atomic E-state index is 0.0359. The average molecular weight is 208 g/mol. The second-order valence-corrected chi connectivity index (χ2v) is 3.77. The Morgan fingerprint density at radius 1 is 1.60 bits per heavy atom. The number of nitro groups is 1. The van der Waals surface area contributed by atoms with Gasteiger partial charge < -0.3 is 4.74 Å². The maximum absolute atomic E-state index is 10.5. The van der Waals surface area contributed by atoms with Crippen LogP contribution in [-0.2, 0) is 0 Å². The molecule has 0 spiro atoms. The van der Waals surface area contributed by atoms with Gasteiger partial charge in [0, 0.05) is 12.1 Å². The third kappa shape index (κ3) is 2.43. The molecule has 0 unspecified atom stereocenters. The quantitative estimate of drug-likeness (QED) is 0.561. The molecule has 1 aliphatic carbocycles. The highest BCUT2D eigenvalue weighted by Crippen LogP contribution is 2.29. The molecule has 0 atom stereocenters. The topological polar surface area (TPSA) is 65.3 Å². The molecular weight excluding hydrogens is 196 g/mol. The molecule has 0 saturated heterocycles. The van der Waals surface area contributed by atoms with Crippen molar-refractivity contribution in [2.24, 2.45) is 5.92 Å². The Labute approximate surface area is 87.2 Å². The van der Waals surface area contributed by atoms with Gasteiger partial charge in [-0.3, -0.25) is 10.1 Å². The number of aromatic nitrogens is 1. The molecule has 0 aliphatic heterocycles. The first-order chi connectivity index (χ1) is 7.16. The van der Waals surface area contributed by atoms with Gasteiger partial charge in [-0.1, -0.05) is 0 Å². The Morgan fingerprint density at radius 2 is 2.33 bits per heavy atom. The molecule has 5 nitrogen and oxygen atoms in total. The molecule has 1 aromatic heterocycles. The minimum atomic E-state index is -0.437. The predicted octanol–water partition coefficient (Wildman–Crippen LogP) is 2.09. The minimum Gasteiger partial charge on any atom is -0.477 e. The van der Waals surface area contributed by atoms with E-state index >= 15 is 0 Å². The van der Waals surface area contributed by atoms with Crippen molar-refractivity contribution in [1.29, 1.82) is 0 Å². The van der Waals surface area contributed by atoms with E-state index in [4.69, 9.17) is 4.74 Å². The number of hydrogen-bond acceptors (Lipinski definition) is 4. The predicted molar refractivity (Wildman–Crippen MR) is 53.8 cm³/mol. The second-order valence-electron chi connectivity index (χ2n) is 3.77. The number of nitrogens with zero attached hydrogens (tertiary/aromatic N) is 2. The summed E-state index contributed by atoms with van der Waals surface area (Å²) in [5, 5.41) is 10.5. The molecule has 0 radical (unpaired) electrons. The summed E-state index contributed by atoms with van der Waals surface area (Å²) in [6, 6.07) is 2.98. The second kappa shape index (κ2) is 3.84. The molecule has 0 N–H and O–H groups in total. The van der Waals surface area contributed by atoms with Gasteiger partial charge in [0.05, 0.1) is 11.5 Å². The van der Waals surface area contributed by atoms with Crippen LogP contribution in [0.4, 0.5) is 5.69 Å². The largest absolute Gasteiger partial charge is 0.477 e. The summed E-state index contributed by atoms with van der Waals surface area (Å²) in [5.41, 5.74) is 0.432. The normalized spacial score (nSPS) is 15.0. The summed E-state index contributed by atoms with van der Waals surface area (Å²) in [6.45, 7) is 2.28. The Morgan fingerprint density at radius 3 is 2.87 bits per heavy atom. The molecule has 2 rings (SSSR count). The van der Waals surface area contributed by atoms with Gasteiger partial charge in [0.15, 0.2) is 0 Å². The zero-order valence-electron chi connectivity index (χ0n) is 8.47. The molecule has 1 heterocycles. The lowest BCUT2D eigenvalue weighted by Crippen LogP contribution is -2.02. The lowest BCUT2D eigenvalue weighted by atomic mass is 10.3. The molecule has 0 bridgehead atoms. The van der Waals surface area contributed by atoms with Crippen molar-refractivity contribution in [2.45, 2.75) is 19.8 Å². The number of hydrogen-bond donors (Lipinski definition) is 0. The van der Waals surface area contributed by atoms with Crippen LogP contribution in [0.1, 0.15) is 18.5 Å². The van der Waals surface area contributed by atoms with Crippen LogP contribution in [0.3, 0.4) is 0 Å². The Bertz CT molecular complexity index is 388. The van der Waals surface area contributed by atoms with Gasteiger partial charge >= 0.3 is 0 Å². The van der Waals surface area contributed by atoms with Gasteiger partial charge in [0.2, 0.25) is 5.88 Å². The monoisotopic (exact) mass is 208 g/mol. The third-order valence-corrected chi connectivity index (χ3v) is 2.39. The van der Waals surface area contributed by atoms with Crippen LogP contribution in [0.5, 0.6) is 5.88 Å². The number of aryl methyl sites for hydroxylation is 1. The summed E-state index contributed by atoms with van der Waals surface area (Å²) in [6.07, 6.45) is 2.43. The highest BCUT2D eigenvalue weighted by molar-refractivity contribution is 5.36. The zero-order chi connectivity index (χ0) is 10.8. The summed E-state index contributed by atoms with van der Waals surface area (Å²) in [7, 11) is 0. The van der Waals surface area contributed by atoms with Crippen molar-refractivity contribution in [2.75, 3.05) is 6.61 Å². The van der Waals surface area contributed by atoms with Gasteiger partial charge in [0.1, 0.15) is 5.69 Å². The average Bonchev–Trinajstić information content (AvgIpc) is 2.97. The van der Waals surface area contributed by atoms with Crippen LogP contribution in [0, 0.1) is 23.0 Å². The lowest BCUT2D eigenvalue weighted by molar-refractivity contribution is -0.385. The first-order valence-corrected chi connectivity index (χ1v) is 4.91.